The third kappa shape index (κ3) is 2.68. The second kappa shape index (κ2) is 5.46. The smallest absolute Gasteiger partial charge is 0.253 e. The summed E-state index contributed by atoms with van der Waals surface area (Å²) in [7, 11) is 0. The van der Waals surface area contributed by atoms with Crippen molar-refractivity contribution in [2.75, 3.05) is 11.9 Å². The fourth-order valence-electron chi connectivity index (χ4n) is 2.10. The summed E-state index contributed by atoms with van der Waals surface area (Å²) in [6, 6.07) is 5.58. The molecule has 4 nitrogen and oxygen atoms in total. The van der Waals surface area contributed by atoms with Crippen molar-refractivity contribution in [1.82, 2.24) is 0 Å². The fraction of sp³-hybridized carbons (Fsp3) is 0.385. The number of hydrogen-bond donors (Lipinski definition) is 2. The van der Waals surface area contributed by atoms with Crippen molar-refractivity contribution in [1.29, 1.82) is 0 Å². The Morgan fingerprint density at radius 2 is 2.33 bits per heavy atom. The number of amides is 1. The van der Waals surface area contributed by atoms with Gasteiger partial charge in [-0.1, -0.05) is 24.4 Å². The van der Waals surface area contributed by atoms with Gasteiger partial charge in [-0.2, -0.15) is 0 Å². The van der Waals surface area contributed by atoms with E-state index in [9.17, 15) is 4.79 Å². The minimum Gasteiger partial charge on any atom is -0.389 e. The first-order valence-corrected chi connectivity index (χ1v) is 6.32. The minimum absolute atomic E-state index is 0.129. The summed E-state index contributed by atoms with van der Waals surface area (Å²) in [5, 5.41) is 2.84. The summed E-state index contributed by atoms with van der Waals surface area (Å²) in [6.45, 7) is 2.56. The number of anilines is 1. The number of ether oxygens (including phenoxy) is 1. The quantitative estimate of drug-likeness (QED) is 0.816. The van der Waals surface area contributed by atoms with Crippen LogP contribution < -0.4 is 11.1 Å². The number of thiocarbonyl (C=S) groups is 1. The van der Waals surface area contributed by atoms with Crippen LogP contribution in [0.25, 0.3) is 0 Å². The van der Waals surface area contributed by atoms with E-state index in [1.807, 2.05) is 19.1 Å². The SMILES string of the molecule is Cc1cccc(NC(=O)C2CCCO2)c1C(N)=S. The second-order valence-electron chi connectivity index (χ2n) is 4.35. The molecule has 0 aliphatic carbocycles. The van der Waals surface area contributed by atoms with Crippen LogP contribution in [0.15, 0.2) is 18.2 Å². The summed E-state index contributed by atoms with van der Waals surface area (Å²) < 4.78 is 5.34. The number of aryl methyl sites for hydroxylation is 1. The third-order valence-corrected chi connectivity index (χ3v) is 3.20. The molecule has 0 spiro atoms. The molecule has 1 aromatic rings. The van der Waals surface area contributed by atoms with Gasteiger partial charge in [-0.15, -0.1) is 0 Å². The van der Waals surface area contributed by atoms with Gasteiger partial charge < -0.3 is 15.8 Å². The molecule has 1 fully saturated rings. The normalized spacial score (nSPS) is 18.6. The number of nitrogens with one attached hydrogen (secondary N) is 1. The predicted octanol–water partition coefficient (Wildman–Crippen LogP) is 1.75. The van der Waals surface area contributed by atoms with Crippen molar-refractivity contribution in [3.8, 4) is 0 Å². The summed E-state index contributed by atoms with van der Waals surface area (Å²) in [5.74, 6) is -0.129. The zero-order chi connectivity index (χ0) is 13.1. The lowest BCUT2D eigenvalue weighted by Gasteiger charge is -2.15. The first-order chi connectivity index (χ1) is 8.59. The monoisotopic (exact) mass is 264 g/mol. The molecule has 1 aromatic carbocycles. The lowest BCUT2D eigenvalue weighted by molar-refractivity contribution is -0.124. The molecule has 1 unspecified atom stereocenters. The maximum absolute atomic E-state index is 12.0. The van der Waals surface area contributed by atoms with Crippen LogP contribution in [0.4, 0.5) is 5.69 Å². The molecule has 96 valence electrons. The zero-order valence-electron chi connectivity index (χ0n) is 10.2. The van der Waals surface area contributed by atoms with E-state index in [-0.39, 0.29) is 17.0 Å². The number of benzene rings is 1. The molecule has 3 N–H and O–H groups in total. The van der Waals surface area contributed by atoms with E-state index >= 15 is 0 Å². The van der Waals surface area contributed by atoms with Gasteiger partial charge >= 0.3 is 0 Å². The lowest BCUT2D eigenvalue weighted by Crippen LogP contribution is -2.28. The number of nitrogens with two attached hydrogens (primary N) is 1. The molecule has 1 aliphatic rings. The number of hydrogen-bond acceptors (Lipinski definition) is 3. The largest absolute Gasteiger partial charge is 0.389 e. The highest BCUT2D eigenvalue weighted by molar-refractivity contribution is 7.80. The fourth-order valence-corrected chi connectivity index (χ4v) is 2.37. The molecule has 1 amide bonds. The van der Waals surface area contributed by atoms with Crippen LogP contribution in [0, 0.1) is 6.92 Å². The van der Waals surface area contributed by atoms with Gasteiger partial charge in [0, 0.05) is 12.2 Å². The molecule has 1 aliphatic heterocycles. The van der Waals surface area contributed by atoms with Crippen molar-refractivity contribution in [2.24, 2.45) is 5.73 Å². The third-order valence-electron chi connectivity index (χ3n) is 3.00. The highest BCUT2D eigenvalue weighted by Gasteiger charge is 2.24. The maximum atomic E-state index is 12.0. The molecule has 18 heavy (non-hydrogen) atoms. The van der Waals surface area contributed by atoms with Crippen LogP contribution in [0.1, 0.15) is 24.0 Å². The second-order valence-corrected chi connectivity index (χ2v) is 4.79. The van der Waals surface area contributed by atoms with Gasteiger partial charge in [0.05, 0.1) is 5.69 Å². The Morgan fingerprint density at radius 1 is 1.56 bits per heavy atom. The molecule has 0 bridgehead atoms. The molecule has 5 heteroatoms. The Bertz CT molecular complexity index is 482. The van der Waals surface area contributed by atoms with Crippen molar-refractivity contribution >= 4 is 28.8 Å². The molecule has 1 atom stereocenters. The molecular formula is C13H16N2O2S. The average Bonchev–Trinajstić information content (AvgIpc) is 2.81. The van der Waals surface area contributed by atoms with Crippen LogP contribution in [0.5, 0.6) is 0 Å². The summed E-state index contributed by atoms with van der Waals surface area (Å²) in [5.41, 5.74) is 8.02. The van der Waals surface area contributed by atoms with Crippen molar-refractivity contribution in [3.05, 3.63) is 29.3 Å². The highest BCUT2D eigenvalue weighted by atomic mass is 32.1. The van der Waals surface area contributed by atoms with Crippen LogP contribution >= 0.6 is 12.2 Å². The van der Waals surface area contributed by atoms with E-state index in [1.54, 1.807) is 6.07 Å². The van der Waals surface area contributed by atoms with Crippen molar-refractivity contribution in [3.63, 3.8) is 0 Å². The molecule has 1 saturated heterocycles. The van der Waals surface area contributed by atoms with Gasteiger partial charge in [0.2, 0.25) is 0 Å². The molecular weight excluding hydrogens is 248 g/mol. The molecule has 2 rings (SSSR count). The summed E-state index contributed by atoms with van der Waals surface area (Å²) >= 11 is 5.02. The van der Waals surface area contributed by atoms with Crippen LogP contribution in [-0.4, -0.2) is 23.6 Å². The Kier molecular flexibility index (Phi) is 3.93. The molecule has 1 heterocycles. The molecule has 0 saturated carbocycles. The number of rotatable bonds is 3. The Labute approximate surface area is 112 Å². The zero-order valence-corrected chi connectivity index (χ0v) is 11.0. The van der Waals surface area contributed by atoms with Gasteiger partial charge in [0.1, 0.15) is 11.1 Å². The van der Waals surface area contributed by atoms with E-state index < -0.39 is 0 Å². The number of carbonyl (C=O) groups is 1. The first-order valence-electron chi connectivity index (χ1n) is 5.91. The van der Waals surface area contributed by atoms with E-state index in [4.69, 9.17) is 22.7 Å². The van der Waals surface area contributed by atoms with E-state index in [0.717, 1.165) is 24.0 Å². The Morgan fingerprint density at radius 3 is 2.94 bits per heavy atom. The van der Waals surface area contributed by atoms with E-state index in [0.29, 0.717) is 12.3 Å². The minimum atomic E-state index is -0.357. The Balaban J connectivity index is 2.20. The standard InChI is InChI=1S/C13H16N2O2S/c1-8-4-2-5-9(11(8)12(14)18)15-13(16)10-6-3-7-17-10/h2,4-5,10H,3,6-7H2,1H3,(H2,14,18)(H,15,16). The van der Waals surface area contributed by atoms with Crippen molar-refractivity contribution in [2.45, 2.75) is 25.9 Å². The van der Waals surface area contributed by atoms with Gasteiger partial charge in [-0.05, 0) is 31.4 Å². The van der Waals surface area contributed by atoms with Crippen LogP contribution in [0.2, 0.25) is 0 Å². The predicted molar refractivity (Wildman–Crippen MR) is 74.7 cm³/mol. The average molecular weight is 264 g/mol. The number of carbonyl (C=O) groups excluding carboxylic acids is 1. The van der Waals surface area contributed by atoms with Gasteiger partial charge in [0.15, 0.2) is 0 Å². The Hall–Kier alpha value is -1.46. The molecule has 0 aromatic heterocycles. The van der Waals surface area contributed by atoms with Crippen LogP contribution in [-0.2, 0) is 9.53 Å². The lowest BCUT2D eigenvalue weighted by atomic mass is 10.1. The topological polar surface area (TPSA) is 64.3 Å². The highest BCUT2D eigenvalue weighted by Crippen LogP contribution is 2.21. The first kappa shape index (κ1) is 13.0. The van der Waals surface area contributed by atoms with Crippen LogP contribution in [0.3, 0.4) is 0 Å². The molecule has 0 radical (unpaired) electrons. The summed E-state index contributed by atoms with van der Waals surface area (Å²) in [6.07, 6.45) is 1.33. The summed E-state index contributed by atoms with van der Waals surface area (Å²) in [4.78, 5) is 12.3. The van der Waals surface area contributed by atoms with E-state index in [2.05, 4.69) is 5.32 Å². The van der Waals surface area contributed by atoms with Crippen molar-refractivity contribution < 1.29 is 9.53 Å². The van der Waals surface area contributed by atoms with Gasteiger partial charge in [-0.25, -0.2) is 0 Å². The van der Waals surface area contributed by atoms with E-state index in [1.165, 1.54) is 0 Å². The van der Waals surface area contributed by atoms with Gasteiger partial charge in [0.25, 0.3) is 5.91 Å². The van der Waals surface area contributed by atoms with Gasteiger partial charge in [-0.3, -0.25) is 4.79 Å². The maximum Gasteiger partial charge on any atom is 0.253 e.